The van der Waals surface area contributed by atoms with Gasteiger partial charge in [0.1, 0.15) is 6.54 Å². The van der Waals surface area contributed by atoms with Gasteiger partial charge in [-0.3, -0.25) is 18.8 Å². The fourth-order valence-corrected chi connectivity index (χ4v) is 3.71. The molecule has 2 heterocycles. The van der Waals surface area contributed by atoms with Gasteiger partial charge in [0.2, 0.25) is 5.91 Å². The molecular formula is C24H25N5O2. The average molecular weight is 415 g/mol. The van der Waals surface area contributed by atoms with Gasteiger partial charge in [-0.15, -0.1) is 0 Å². The van der Waals surface area contributed by atoms with Crippen LogP contribution >= 0.6 is 0 Å². The Bertz CT molecular complexity index is 1320. The van der Waals surface area contributed by atoms with Crippen molar-refractivity contribution in [2.75, 3.05) is 0 Å². The monoisotopic (exact) mass is 415 g/mol. The van der Waals surface area contributed by atoms with Crippen LogP contribution in [0.4, 0.5) is 0 Å². The van der Waals surface area contributed by atoms with Gasteiger partial charge in [-0.1, -0.05) is 36.4 Å². The molecule has 158 valence electrons. The molecule has 7 heteroatoms. The number of nitrogens with zero attached hydrogens (tertiary/aromatic N) is 4. The Labute approximate surface area is 180 Å². The molecule has 1 amide bonds. The fraction of sp³-hybridized carbons (Fsp3) is 0.250. The predicted octanol–water partition coefficient (Wildman–Crippen LogP) is 2.88. The third-order valence-electron chi connectivity index (χ3n) is 5.29. The van der Waals surface area contributed by atoms with E-state index < -0.39 is 0 Å². The van der Waals surface area contributed by atoms with Crippen LogP contribution in [0, 0.1) is 20.8 Å². The number of nitrogens with one attached hydrogen (secondary N) is 1. The summed E-state index contributed by atoms with van der Waals surface area (Å²) in [6.07, 6.45) is 1.44. The maximum atomic E-state index is 12.7. The highest BCUT2D eigenvalue weighted by atomic mass is 16.2. The van der Waals surface area contributed by atoms with Gasteiger partial charge >= 0.3 is 0 Å². The molecule has 1 N–H and O–H groups in total. The molecule has 0 aliphatic rings. The number of carbonyl (C=O) groups excluding carboxylic acids is 1. The number of para-hydroxylation sites is 1. The third kappa shape index (κ3) is 4.55. The van der Waals surface area contributed by atoms with Crippen molar-refractivity contribution in [2.45, 2.75) is 40.4 Å². The Balaban J connectivity index is 1.41. The quantitative estimate of drug-likeness (QED) is 0.525. The Kier molecular flexibility index (Phi) is 5.66. The van der Waals surface area contributed by atoms with E-state index in [9.17, 15) is 9.59 Å². The van der Waals surface area contributed by atoms with Gasteiger partial charge in [-0.25, -0.2) is 4.98 Å². The molecule has 0 unspecified atom stereocenters. The van der Waals surface area contributed by atoms with E-state index in [4.69, 9.17) is 0 Å². The number of aryl methyl sites for hydroxylation is 3. The van der Waals surface area contributed by atoms with E-state index in [1.807, 2.05) is 55.8 Å². The number of aromatic nitrogens is 4. The van der Waals surface area contributed by atoms with E-state index in [1.165, 1.54) is 10.9 Å². The summed E-state index contributed by atoms with van der Waals surface area (Å²) in [6, 6.07) is 15.6. The first-order valence-electron chi connectivity index (χ1n) is 10.2. The van der Waals surface area contributed by atoms with Crippen molar-refractivity contribution in [1.82, 2.24) is 24.6 Å². The predicted molar refractivity (Wildman–Crippen MR) is 120 cm³/mol. The normalized spacial score (nSPS) is 11.1. The van der Waals surface area contributed by atoms with Crippen LogP contribution in [0.3, 0.4) is 0 Å². The van der Waals surface area contributed by atoms with Crippen molar-refractivity contribution >= 4 is 16.8 Å². The molecule has 4 rings (SSSR count). The first-order valence-corrected chi connectivity index (χ1v) is 10.2. The molecule has 2 aromatic heterocycles. The van der Waals surface area contributed by atoms with Gasteiger partial charge in [-0.05, 0) is 49.6 Å². The number of benzene rings is 2. The Hall–Kier alpha value is -3.74. The molecule has 0 saturated heterocycles. The highest BCUT2D eigenvalue weighted by Gasteiger charge is 2.10. The Morgan fingerprint density at radius 3 is 2.58 bits per heavy atom. The van der Waals surface area contributed by atoms with Gasteiger partial charge in [-0.2, -0.15) is 5.10 Å². The molecule has 2 aromatic carbocycles. The van der Waals surface area contributed by atoms with Gasteiger partial charge in [0.15, 0.2) is 0 Å². The minimum atomic E-state index is -0.236. The number of carbonyl (C=O) groups is 1. The topological polar surface area (TPSA) is 81.8 Å². The van der Waals surface area contributed by atoms with Crippen molar-refractivity contribution in [3.8, 4) is 0 Å². The molecular weight excluding hydrogens is 390 g/mol. The molecule has 0 radical (unpaired) electrons. The zero-order valence-electron chi connectivity index (χ0n) is 17.9. The minimum Gasteiger partial charge on any atom is -0.350 e. The minimum absolute atomic E-state index is 0.0683. The lowest BCUT2D eigenvalue weighted by Crippen LogP contribution is -2.32. The summed E-state index contributed by atoms with van der Waals surface area (Å²) in [5.74, 6) is -0.236. The highest BCUT2D eigenvalue weighted by Crippen LogP contribution is 2.12. The summed E-state index contributed by atoms with van der Waals surface area (Å²) < 4.78 is 3.31. The van der Waals surface area contributed by atoms with Crippen LogP contribution in [0.5, 0.6) is 0 Å². The second-order valence-corrected chi connectivity index (χ2v) is 7.83. The van der Waals surface area contributed by atoms with Crippen molar-refractivity contribution in [1.29, 1.82) is 0 Å². The average Bonchev–Trinajstić information content (AvgIpc) is 3.06. The van der Waals surface area contributed by atoms with E-state index >= 15 is 0 Å². The zero-order valence-corrected chi connectivity index (χ0v) is 17.9. The molecule has 0 saturated carbocycles. The van der Waals surface area contributed by atoms with Crippen LogP contribution in [0.25, 0.3) is 10.9 Å². The lowest BCUT2D eigenvalue weighted by Gasteiger charge is -2.10. The SMILES string of the molecule is Cc1cc(C)n(Cc2cccc(CNC(=O)Cn3cnc4c(C)cccc4c3=O)c2)n1. The lowest BCUT2D eigenvalue weighted by atomic mass is 10.1. The molecule has 0 fully saturated rings. The largest absolute Gasteiger partial charge is 0.350 e. The molecule has 0 atom stereocenters. The molecule has 7 nitrogen and oxygen atoms in total. The Morgan fingerprint density at radius 1 is 1.03 bits per heavy atom. The smallest absolute Gasteiger partial charge is 0.261 e. The van der Waals surface area contributed by atoms with Crippen molar-refractivity contribution in [3.05, 3.63) is 93.3 Å². The lowest BCUT2D eigenvalue weighted by molar-refractivity contribution is -0.121. The van der Waals surface area contributed by atoms with Gasteiger partial charge < -0.3 is 5.32 Å². The summed E-state index contributed by atoms with van der Waals surface area (Å²) in [5.41, 5.74) is 5.61. The number of fused-ring (bicyclic) bond motifs is 1. The van der Waals surface area contributed by atoms with Crippen LogP contribution < -0.4 is 10.9 Å². The molecule has 0 aliphatic carbocycles. The second kappa shape index (κ2) is 8.55. The van der Waals surface area contributed by atoms with Crippen molar-refractivity contribution in [3.63, 3.8) is 0 Å². The summed E-state index contributed by atoms with van der Waals surface area (Å²) in [5, 5.41) is 7.91. The maximum absolute atomic E-state index is 12.7. The van der Waals surface area contributed by atoms with E-state index in [2.05, 4.69) is 27.5 Å². The summed E-state index contributed by atoms with van der Waals surface area (Å²) >= 11 is 0. The maximum Gasteiger partial charge on any atom is 0.261 e. The summed E-state index contributed by atoms with van der Waals surface area (Å²) in [7, 11) is 0. The number of rotatable bonds is 6. The second-order valence-electron chi connectivity index (χ2n) is 7.83. The van der Waals surface area contributed by atoms with E-state index in [1.54, 1.807) is 6.07 Å². The molecule has 4 aromatic rings. The zero-order chi connectivity index (χ0) is 22.0. The number of hydrogen-bond acceptors (Lipinski definition) is 4. The van der Waals surface area contributed by atoms with E-state index in [-0.39, 0.29) is 18.0 Å². The molecule has 31 heavy (non-hydrogen) atoms. The van der Waals surface area contributed by atoms with Gasteiger partial charge in [0.05, 0.1) is 29.5 Å². The van der Waals surface area contributed by atoms with Gasteiger partial charge in [0, 0.05) is 12.2 Å². The Morgan fingerprint density at radius 2 is 1.81 bits per heavy atom. The van der Waals surface area contributed by atoms with Crippen molar-refractivity contribution in [2.24, 2.45) is 0 Å². The summed E-state index contributed by atoms with van der Waals surface area (Å²) in [6.45, 7) is 6.93. The third-order valence-corrected chi connectivity index (χ3v) is 5.29. The summed E-state index contributed by atoms with van der Waals surface area (Å²) in [4.78, 5) is 29.5. The fourth-order valence-electron chi connectivity index (χ4n) is 3.71. The number of hydrogen-bond donors (Lipinski definition) is 1. The first-order chi connectivity index (χ1) is 14.9. The molecule has 0 spiro atoms. The number of amides is 1. The highest BCUT2D eigenvalue weighted by molar-refractivity contribution is 5.81. The van der Waals surface area contributed by atoms with Crippen LogP contribution in [0.15, 0.2) is 59.7 Å². The first kappa shape index (κ1) is 20.5. The van der Waals surface area contributed by atoms with E-state index in [0.29, 0.717) is 24.0 Å². The van der Waals surface area contributed by atoms with Crippen LogP contribution in [-0.4, -0.2) is 25.2 Å². The van der Waals surface area contributed by atoms with Crippen LogP contribution in [0.2, 0.25) is 0 Å². The van der Waals surface area contributed by atoms with Crippen molar-refractivity contribution < 1.29 is 4.79 Å². The van der Waals surface area contributed by atoms with E-state index in [0.717, 1.165) is 28.1 Å². The van der Waals surface area contributed by atoms with Crippen LogP contribution in [-0.2, 0) is 24.4 Å². The molecule has 0 bridgehead atoms. The standard InChI is InChI=1S/C24H25N5O2/c1-16-6-4-9-21-23(16)26-15-28(24(21)31)14-22(30)25-12-19-7-5-8-20(11-19)13-29-18(3)10-17(2)27-29/h4-11,15H,12-14H2,1-3H3,(H,25,30). The molecule has 0 aliphatic heterocycles. The van der Waals surface area contributed by atoms with Crippen LogP contribution in [0.1, 0.15) is 28.1 Å². The van der Waals surface area contributed by atoms with Gasteiger partial charge in [0.25, 0.3) is 5.56 Å².